The zero-order valence-corrected chi connectivity index (χ0v) is 10.1. The lowest BCUT2D eigenvalue weighted by Gasteiger charge is -2.08. The lowest BCUT2D eigenvalue weighted by Crippen LogP contribution is -1.90. The fraction of sp³-hybridized carbons (Fsp3) is 0.214. The van der Waals surface area contributed by atoms with Gasteiger partial charge >= 0.3 is 0 Å². The molecular formula is C14H13NS. The Labute approximate surface area is 99.1 Å². The van der Waals surface area contributed by atoms with Gasteiger partial charge in [0, 0.05) is 0 Å². The van der Waals surface area contributed by atoms with Crippen molar-refractivity contribution >= 4 is 27.1 Å². The number of fused-ring (bicyclic) bond motifs is 1. The first kappa shape index (κ1) is 9.79. The van der Waals surface area contributed by atoms with Gasteiger partial charge in [-0.15, -0.1) is 11.3 Å². The van der Waals surface area contributed by atoms with Crippen LogP contribution in [0.5, 0.6) is 0 Å². The van der Waals surface area contributed by atoms with Gasteiger partial charge in [-0.1, -0.05) is 29.9 Å². The highest BCUT2D eigenvalue weighted by Crippen LogP contribution is 2.32. The Hall–Kier alpha value is -1.41. The minimum atomic E-state index is 1.12. The van der Waals surface area contributed by atoms with Crippen LogP contribution in [0.15, 0.2) is 42.0 Å². The Morgan fingerprint density at radius 3 is 2.75 bits per heavy atom. The van der Waals surface area contributed by atoms with Crippen molar-refractivity contribution in [3.63, 3.8) is 0 Å². The van der Waals surface area contributed by atoms with Crippen LogP contribution in [0.25, 0.3) is 15.8 Å². The van der Waals surface area contributed by atoms with E-state index in [-0.39, 0.29) is 0 Å². The lowest BCUT2D eigenvalue weighted by atomic mass is 10.0. The molecule has 0 saturated carbocycles. The van der Waals surface area contributed by atoms with Gasteiger partial charge in [0.2, 0.25) is 0 Å². The van der Waals surface area contributed by atoms with Gasteiger partial charge in [-0.25, -0.2) is 4.98 Å². The molecule has 2 aromatic rings. The molecular weight excluding hydrogens is 214 g/mol. The summed E-state index contributed by atoms with van der Waals surface area (Å²) in [5, 5.41) is 1.19. The number of aromatic nitrogens is 1. The molecule has 1 nitrogen and oxygen atoms in total. The molecule has 1 aromatic carbocycles. The van der Waals surface area contributed by atoms with Gasteiger partial charge in [-0.3, -0.25) is 0 Å². The summed E-state index contributed by atoms with van der Waals surface area (Å²) < 4.78 is 1.28. The van der Waals surface area contributed by atoms with E-state index in [1.54, 1.807) is 11.3 Å². The average molecular weight is 227 g/mol. The maximum absolute atomic E-state index is 4.68. The van der Waals surface area contributed by atoms with Gasteiger partial charge < -0.3 is 0 Å². The van der Waals surface area contributed by atoms with Crippen LogP contribution < -0.4 is 0 Å². The smallest absolute Gasteiger partial charge is 0.120 e. The van der Waals surface area contributed by atoms with E-state index in [0.717, 1.165) is 11.9 Å². The topological polar surface area (TPSA) is 12.9 Å². The number of rotatable bonds is 1. The monoisotopic (exact) mass is 227 g/mol. The Bertz CT molecular complexity index is 557. The Kier molecular flexibility index (Phi) is 2.37. The largest absolute Gasteiger partial charge is 0.236 e. The van der Waals surface area contributed by atoms with Crippen LogP contribution in [0.2, 0.25) is 0 Å². The van der Waals surface area contributed by atoms with Gasteiger partial charge in [0.05, 0.1) is 10.2 Å². The number of allylic oxidation sites excluding steroid dienone is 4. The summed E-state index contributed by atoms with van der Waals surface area (Å²) in [6.45, 7) is 2.19. The Balaban J connectivity index is 2.07. The molecule has 1 aliphatic rings. The second kappa shape index (κ2) is 3.87. The van der Waals surface area contributed by atoms with Crippen molar-refractivity contribution in [1.29, 1.82) is 0 Å². The van der Waals surface area contributed by atoms with Gasteiger partial charge in [0.1, 0.15) is 5.01 Å². The number of benzene rings is 1. The van der Waals surface area contributed by atoms with Crippen LogP contribution in [0.3, 0.4) is 0 Å². The van der Waals surface area contributed by atoms with Crippen molar-refractivity contribution in [3.05, 3.63) is 47.0 Å². The van der Waals surface area contributed by atoms with Crippen LogP contribution in [0, 0.1) is 0 Å². The maximum Gasteiger partial charge on any atom is 0.120 e. The molecule has 0 N–H and O–H groups in total. The molecule has 0 radical (unpaired) electrons. The number of thiazole rings is 1. The molecule has 0 aliphatic heterocycles. The van der Waals surface area contributed by atoms with E-state index in [1.807, 2.05) is 6.07 Å². The highest BCUT2D eigenvalue weighted by atomic mass is 32.1. The highest BCUT2D eigenvalue weighted by Gasteiger charge is 2.10. The summed E-state index contributed by atoms with van der Waals surface area (Å²) in [5.74, 6) is 0. The third-order valence-corrected chi connectivity index (χ3v) is 4.04. The van der Waals surface area contributed by atoms with E-state index in [0.29, 0.717) is 0 Å². The van der Waals surface area contributed by atoms with Crippen LogP contribution >= 0.6 is 11.3 Å². The van der Waals surface area contributed by atoms with E-state index in [1.165, 1.54) is 27.3 Å². The quantitative estimate of drug-likeness (QED) is 0.702. The van der Waals surface area contributed by atoms with Crippen molar-refractivity contribution in [2.75, 3.05) is 0 Å². The van der Waals surface area contributed by atoms with Crippen LogP contribution in [-0.2, 0) is 0 Å². The standard InChI is InChI=1S/C14H13NS/c1-10-6-8-11(9-7-10)14-15-12-4-2-3-5-13(12)16-14/h2-6,8H,7,9H2,1H3. The van der Waals surface area contributed by atoms with Gasteiger partial charge in [0.15, 0.2) is 0 Å². The SMILES string of the molecule is CC1=CC=C(c2nc3ccccc3s2)CC1. The fourth-order valence-corrected chi connectivity index (χ4v) is 2.95. The molecule has 1 aliphatic carbocycles. The third kappa shape index (κ3) is 1.69. The van der Waals surface area contributed by atoms with Crippen LogP contribution in [0.4, 0.5) is 0 Å². The second-order valence-electron chi connectivity index (χ2n) is 4.19. The maximum atomic E-state index is 4.68. The van der Waals surface area contributed by atoms with Crippen molar-refractivity contribution in [2.24, 2.45) is 0 Å². The third-order valence-electron chi connectivity index (χ3n) is 2.93. The van der Waals surface area contributed by atoms with Crippen molar-refractivity contribution in [2.45, 2.75) is 19.8 Å². The van der Waals surface area contributed by atoms with Crippen molar-refractivity contribution in [3.8, 4) is 0 Å². The molecule has 1 aromatic heterocycles. The van der Waals surface area contributed by atoms with E-state index < -0.39 is 0 Å². The minimum absolute atomic E-state index is 1.12. The van der Waals surface area contributed by atoms with Gasteiger partial charge in [-0.2, -0.15) is 0 Å². The zero-order chi connectivity index (χ0) is 11.0. The molecule has 0 fully saturated rings. The Morgan fingerprint density at radius 2 is 2.00 bits per heavy atom. The summed E-state index contributed by atoms with van der Waals surface area (Å²) in [6, 6.07) is 8.34. The summed E-state index contributed by atoms with van der Waals surface area (Å²) >= 11 is 1.80. The predicted molar refractivity (Wildman–Crippen MR) is 70.6 cm³/mol. The summed E-state index contributed by atoms with van der Waals surface area (Å²) in [4.78, 5) is 4.68. The van der Waals surface area contributed by atoms with Crippen molar-refractivity contribution < 1.29 is 0 Å². The molecule has 0 spiro atoms. The molecule has 0 saturated heterocycles. The fourth-order valence-electron chi connectivity index (χ4n) is 1.93. The predicted octanol–water partition coefficient (Wildman–Crippen LogP) is 4.42. The molecule has 0 atom stereocenters. The molecule has 1 heterocycles. The molecule has 80 valence electrons. The first-order chi connectivity index (χ1) is 7.83. The molecule has 0 amide bonds. The number of hydrogen-bond acceptors (Lipinski definition) is 2. The van der Waals surface area contributed by atoms with E-state index in [4.69, 9.17) is 0 Å². The first-order valence-corrected chi connectivity index (χ1v) is 6.37. The second-order valence-corrected chi connectivity index (χ2v) is 5.22. The summed E-state index contributed by atoms with van der Waals surface area (Å²) in [6.07, 6.45) is 6.73. The molecule has 0 unspecified atom stereocenters. The Morgan fingerprint density at radius 1 is 1.12 bits per heavy atom. The van der Waals surface area contributed by atoms with Gasteiger partial charge in [0.25, 0.3) is 0 Å². The van der Waals surface area contributed by atoms with E-state index >= 15 is 0 Å². The first-order valence-electron chi connectivity index (χ1n) is 5.55. The van der Waals surface area contributed by atoms with E-state index in [9.17, 15) is 0 Å². The summed E-state index contributed by atoms with van der Waals surface area (Å²) in [7, 11) is 0. The number of nitrogens with zero attached hydrogens (tertiary/aromatic N) is 1. The molecule has 16 heavy (non-hydrogen) atoms. The lowest BCUT2D eigenvalue weighted by molar-refractivity contribution is 0.975. The number of hydrogen-bond donors (Lipinski definition) is 0. The molecule has 3 rings (SSSR count). The summed E-state index contributed by atoms with van der Waals surface area (Å²) in [5.41, 5.74) is 3.96. The molecule has 2 heteroatoms. The minimum Gasteiger partial charge on any atom is -0.236 e. The van der Waals surface area contributed by atoms with Crippen molar-refractivity contribution in [1.82, 2.24) is 4.98 Å². The number of para-hydroxylation sites is 1. The average Bonchev–Trinajstić information content (AvgIpc) is 2.73. The molecule has 0 bridgehead atoms. The van der Waals surface area contributed by atoms with E-state index in [2.05, 4.69) is 42.3 Å². The highest BCUT2D eigenvalue weighted by molar-refractivity contribution is 7.19. The van der Waals surface area contributed by atoms with Crippen LogP contribution in [-0.4, -0.2) is 4.98 Å². The van der Waals surface area contributed by atoms with Gasteiger partial charge in [-0.05, 0) is 37.5 Å². The van der Waals surface area contributed by atoms with Crippen LogP contribution in [0.1, 0.15) is 24.8 Å². The normalized spacial score (nSPS) is 16.1. The zero-order valence-electron chi connectivity index (χ0n) is 9.23.